The molecule has 2 amide bonds. The zero-order valence-corrected chi connectivity index (χ0v) is 36.8. The van der Waals surface area contributed by atoms with Gasteiger partial charge < -0.3 is 29.0 Å². The van der Waals surface area contributed by atoms with Crippen LogP contribution in [0.25, 0.3) is 0 Å². The van der Waals surface area contributed by atoms with Crippen molar-refractivity contribution in [1.82, 2.24) is 15.9 Å². The highest BCUT2D eigenvalue weighted by Crippen LogP contribution is 2.35. The summed E-state index contributed by atoms with van der Waals surface area (Å²) >= 11 is 5.63. The van der Waals surface area contributed by atoms with Crippen molar-refractivity contribution < 1.29 is 38.6 Å². The van der Waals surface area contributed by atoms with Crippen molar-refractivity contribution >= 4 is 40.1 Å². The Kier molecular flexibility index (Phi) is 16.3. The molecule has 3 aliphatic heterocycles. The van der Waals surface area contributed by atoms with Gasteiger partial charge in [-0.25, -0.2) is 10.4 Å². The number of amides is 2. The van der Waals surface area contributed by atoms with Crippen molar-refractivity contribution in [3.8, 4) is 11.5 Å². The number of nitrogens with zero attached hydrogens (tertiary/aromatic N) is 4. The minimum Gasteiger partial charge on any atom is -0.496 e. The summed E-state index contributed by atoms with van der Waals surface area (Å²) in [6.07, 6.45) is 2.75. The number of halogens is 1. The van der Waals surface area contributed by atoms with Gasteiger partial charge in [0.1, 0.15) is 11.5 Å². The van der Waals surface area contributed by atoms with Crippen LogP contribution in [0.15, 0.2) is 88.2 Å². The number of carbonyl (C=O) groups excluding carboxylic acids is 2. The second kappa shape index (κ2) is 21.5. The highest BCUT2D eigenvalue weighted by molar-refractivity contribution is 6.69. The number of hydrogen-bond donors (Lipinski definition) is 3. The highest BCUT2D eigenvalue weighted by Gasteiger charge is 2.49. The van der Waals surface area contributed by atoms with E-state index in [1.54, 1.807) is 37.4 Å². The van der Waals surface area contributed by atoms with Gasteiger partial charge in [-0.2, -0.15) is 5.10 Å². The number of hydrazone groups is 1. The molecule has 7 rings (SSSR count). The summed E-state index contributed by atoms with van der Waals surface area (Å²) in [6, 6.07) is 22.8. The first kappa shape index (κ1) is 46.1. The summed E-state index contributed by atoms with van der Waals surface area (Å²) in [5.74, 6) is 1.52. The Labute approximate surface area is 362 Å². The van der Waals surface area contributed by atoms with Crippen molar-refractivity contribution in [2.75, 3.05) is 40.6 Å². The number of nitrogens with one attached hydrogen (secondary N) is 2. The van der Waals surface area contributed by atoms with Gasteiger partial charge in [0, 0.05) is 64.8 Å². The number of carbonyl (C=O) groups is 2. The van der Waals surface area contributed by atoms with E-state index >= 15 is 0 Å². The van der Waals surface area contributed by atoms with E-state index < -0.39 is 5.72 Å². The lowest BCUT2D eigenvalue weighted by atomic mass is 10.0. The predicted molar refractivity (Wildman–Crippen MR) is 236 cm³/mol. The number of benzene rings is 4. The summed E-state index contributed by atoms with van der Waals surface area (Å²) in [6.45, 7) is 14.2. The zero-order chi connectivity index (χ0) is 44.1. The van der Waals surface area contributed by atoms with Crippen LogP contribution in [0.3, 0.4) is 0 Å². The first-order valence-electron chi connectivity index (χ1n) is 20.0. The van der Waals surface area contributed by atoms with E-state index in [1.165, 1.54) is 0 Å². The van der Waals surface area contributed by atoms with Crippen LogP contribution in [0, 0.1) is 41.5 Å². The first-order valence-corrected chi connectivity index (χ1v) is 20.4. The molecule has 0 unspecified atom stereocenters. The Morgan fingerprint density at radius 3 is 1.79 bits per heavy atom. The number of hydrogen-bond acceptors (Lipinski definition) is 12. The molecule has 0 saturated carbocycles. The van der Waals surface area contributed by atoms with E-state index in [9.17, 15) is 9.59 Å². The highest BCUT2D eigenvalue weighted by atomic mass is 35.5. The Morgan fingerprint density at radius 2 is 1.26 bits per heavy atom. The van der Waals surface area contributed by atoms with Crippen LogP contribution in [0.1, 0.15) is 90.9 Å². The van der Waals surface area contributed by atoms with Crippen molar-refractivity contribution in [1.29, 1.82) is 0 Å². The van der Waals surface area contributed by atoms with Crippen LogP contribution in [-0.2, 0) is 14.3 Å². The van der Waals surface area contributed by atoms with Crippen molar-refractivity contribution in [2.24, 2.45) is 15.4 Å². The SMILES string of the molecule is COc1cccc(C(=O)NN2C(c3cc(C)cc(C)c3)=NOC23CCOCC3)c1C.COc1cccc(C(=O)NN=C2CCOCC2)c1C.Cc1cc(C)cc(/C(Cl)=N/O)c1. The molecule has 1 spiro atoms. The number of amidine groups is 1. The van der Waals surface area contributed by atoms with Crippen molar-refractivity contribution in [3.05, 3.63) is 128 Å². The zero-order valence-electron chi connectivity index (χ0n) is 36.1. The van der Waals surface area contributed by atoms with E-state index in [2.05, 4.69) is 32.3 Å². The molecular weight excluding hydrogens is 800 g/mol. The molecule has 0 atom stereocenters. The largest absolute Gasteiger partial charge is 0.496 e. The monoisotopic (exact) mass is 854 g/mol. The van der Waals surface area contributed by atoms with Crippen LogP contribution in [-0.4, -0.2) is 85.1 Å². The maximum Gasteiger partial charge on any atom is 0.271 e. The third-order valence-corrected chi connectivity index (χ3v) is 10.6. The molecule has 0 aliphatic carbocycles. The van der Waals surface area contributed by atoms with Crippen LogP contribution >= 0.6 is 11.6 Å². The second-order valence-electron chi connectivity index (χ2n) is 15.0. The fourth-order valence-electron chi connectivity index (χ4n) is 7.23. The topological polar surface area (TPSA) is 165 Å². The van der Waals surface area contributed by atoms with Crippen LogP contribution in [0.2, 0.25) is 0 Å². The summed E-state index contributed by atoms with van der Waals surface area (Å²) in [7, 11) is 3.19. The minimum atomic E-state index is -0.756. The molecule has 324 valence electrons. The quantitative estimate of drug-likeness (QED) is 0.0904. The first-order chi connectivity index (χ1) is 29.3. The number of oxime groups is 2. The average Bonchev–Trinajstić information content (AvgIpc) is 3.58. The third-order valence-electron chi connectivity index (χ3n) is 10.3. The number of ether oxygens (including phenoxy) is 4. The van der Waals surface area contributed by atoms with Gasteiger partial charge in [0.15, 0.2) is 11.0 Å². The van der Waals surface area contributed by atoms with E-state index in [-0.39, 0.29) is 17.0 Å². The second-order valence-corrected chi connectivity index (χ2v) is 15.3. The lowest BCUT2D eigenvalue weighted by Crippen LogP contribution is -2.59. The standard InChI is InChI=1S/C23H27N3O4.C14H18N2O3.C9H10ClNO/c1-15-12-16(2)14-18(13-15)21-25-30-23(8-10-29-11-9-23)26(21)24-22(27)19-6-5-7-20(28-4)17(19)3;1-10-12(4-3-5-13(10)18-2)14(17)16-15-11-6-8-19-9-7-11;1-6-3-7(2)5-8(4-6)9(10)11-12/h5-7,12-14H,8-11H2,1-4H3,(H,24,27);3-5H,6-9H2,1-2H3,(H,16,17);3-5,12H,1-2H3/b;;11-9-. The number of aryl methyl sites for hydroxylation is 4. The third kappa shape index (κ3) is 11.9. The molecule has 0 bridgehead atoms. The van der Waals surface area contributed by atoms with Crippen molar-refractivity contribution in [3.63, 3.8) is 0 Å². The van der Waals surface area contributed by atoms with Crippen LogP contribution in [0.4, 0.5) is 0 Å². The molecule has 14 nitrogen and oxygen atoms in total. The van der Waals surface area contributed by atoms with E-state index in [0.29, 0.717) is 67.7 Å². The summed E-state index contributed by atoms with van der Waals surface area (Å²) < 4.78 is 21.3. The van der Waals surface area contributed by atoms with Gasteiger partial charge in [0.2, 0.25) is 5.72 Å². The Morgan fingerprint density at radius 1 is 0.754 bits per heavy atom. The Hall–Kier alpha value is -5.96. The maximum atomic E-state index is 13.3. The molecule has 3 N–H and O–H groups in total. The van der Waals surface area contributed by atoms with Gasteiger partial charge >= 0.3 is 0 Å². The summed E-state index contributed by atoms with van der Waals surface area (Å²) in [5, 5.41) is 21.8. The lowest BCUT2D eigenvalue weighted by Gasteiger charge is -2.39. The molecule has 4 aromatic carbocycles. The predicted octanol–water partition coefficient (Wildman–Crippen LogP) is 8.04. The van der Waals surface area contributed by atoms with Gasteiger partial charge in [-0.05, 0) is 90.1 Å². The average molecular weight is 855 g/mol. The molecule has 61 heavy (non-hydrogen) atoms. The summed E-state index contributed by atoms with van der Waals surface area (Å²) in [5.41, 5.74) is 14.7. The molecule has 3 heterocycles. The van der Waals surface area contributed by atoms with Crippen molar-refractivity contribution in [2.45, 2.75) is 73.0 Å². The molecule has 2 fully saturated rings. The van der Waals surface area contributed by atoms with E-state index in [4.69, 9.17) is 40.6 Å². The minimum absolute atomic E-state index is 0.127. The van der Waals surface area contributed by atoms with Crippen LogP contribution in [0.5, 0.6) is 11.5 Å². The number of hydrazine groups is 1. The van der Waals surface area contributed by atoms with Gasteiger partial charge in [0.05, 0.1) is 40.6 Å². The maximum absolute atomic E-state index is 13.3. The Balaban J connectivity index is 0.000000193. The van der Waals surface area contributed by atoms with Crippen LogP contribution < -0.4 is 20.3 Å². The van der Waals surface area contributed by atoms with Gasteiger partial charge in [-0.1, -0.05) is 68.4 Å². The Bertz CT molecular complexity index is 2240. The molecule has 15 heteroatoms. The molecule has 0 aromatic heterocycles. The van der Waals surface area contributed by atoms with Gasteiger partial charge in [-0.15, -0.1) is 0 Å². The van der Waals surface area contributed by atoms with Gasteiger partial charge in [-0.3, -0.25) is 15.0 Å². The molecule has 4 aromatic rings. The smallest absolute Gasteiger partial charge is 0.271 e. The summed E-state index contributed by atoms with van der Waals surface area (Å²) in [4.78, 5) is 31.3. The lowest BCUT2D eigenvalue weighted by molar-refractivity contribution is -0.163. The van der Waals surface area contributed by atoms with E-state index in [0.717, 1.165) is 63.1 Å². The van der Waals surface area contributed by atoms with Gasteiger partial charge in [0.25, 0.3) is 11.8 Å². The molecular formula is C46H55ClN6O8. The van der Waals surface area contributed by atoms with E-state index in [1.807, 2.05) is 90.1 Å². The number of rotatable bonds is 8. The normalized spacial score (nSPS) is 15.6. The molecule has 0 radical (unpaired) electrons. The number of methoxy groups -OCH3 is 2. The fraction of sp³-hybridized carbons (Fsp3) is 0.370. The molecule has 3 aliphatic rings. The molecule has 2 saturated heterocycles. The fourth-order valence-corrected chi connectivity index (χ4v) is 7.34.